The zero-order valence-electron chi connectivity index (χ0n) is 12.5. The van der Waals surface area contributed by atoms with E-state index in [1.165, 1.54) is 29.7 Å². The van der Waals surface area contributed by atoms with Gasteiger partial charge < -0.3 is 15.4 Å². The van der Waals surface area contributed by atoms with Crippen LogP contribution >= 0.6 is 0 Å². The lowest BCUT2D eigenvalue weighted by atomic mass is 10.0. The molecule has 1 aromatic rings. The molecule has 110 valence electrons. The van der Waals surface area contributed by atoms with Crippen molar-refractivity contribution in [3.05, 3.63) is 29.3 Å². The van der Waals surface area contributed by atoms with E-state index in [-0.39, 0.29) is 0 Å². The third-order valence-corrected chi connectivity index (χ3v) is 4.52. The molecule has 2 aliphatic heterocycles. The Morgan fingerprint density at radius 2 is 2.25 bits per heavy atom. The second kappa shape index (κ2) is 5.72. The summed E-state index contributed by atoms with van der Waals surface area (Å²) in [6, 6.07) is 6.91. The van der Waals surface area contributed by atoms with Crippen molar-refractivity contribution in [2.24, 2.45) is 5.73 Å². The van der Waals surface area contributed by atoms with E-state index in [1.54, 1.807) is 0 Å². The van der Waals surface area contributed by atoms with Gasteiger partial charge in [-0.3, -0.25) is 4.90 Å². The van der Waals surface area contributed by atoms with Gasteiger partial charge in [0.2, 0.25) is 0 Å². The van der Waals surface area contributed by atoms with Crippen LogP contribution in [-0.2, 0) is 11.3 Å². The zero-order valence-corrected chi connectivity index (χ0v) is 12.5. The van der Waals surface area contributed by atoms with Crippen LogP contribution in [0.3, 0.4) is 0 Å². The van der Waals surface area contributed by atoms with Crippen LogP contribution < -0.4 is 10.6 Å². The standard InChI is InChI=1S/C16H25N3O/c1-18(2)15-7-3-6-13-14(15)11-19(16(13)9-17)10-12-5-4-8-20-12/h3,6-7,12,16H,4-5,8-11,17H2,1-2H3. The first-order chi connectivity index (χ1) is 9.70. The summed E-state index contributed by atoms with van der Waals surface area (Å²) in [6.45, 7) is 3.59. The smallest absolute Gasteiger partial charge is 0.0703 e. The average Bonchev–Trinajstić information content (AvgIpc) is 3.05. The van der Waals surface area contributed by atoms with Crippen LogP contribution in [0.25, 0.3) is 0 Å². The highest BCUT2D eigenvalue weighted by molar-refractivity contribution is 5.58. The van der Waals surface area contributed by atoms with Crippen molar-refractivity contribution in [2.75, 3.05) is 38.7 Å². The van der Waals surface area contributed by atoms with E-state index in [2.05, 4.69) is 42.1 Å². The minimum Gasteiger partial charge on any atom is -0.377 e. The van der Waals surface area contributed by atoms with Crippen LogP contribution in [-0.4, -0.2) is 44.8 Å². The number of benzene rings is 1. The van der Waals surface area contributed by atoms with E-state index in [9.17, 15) is 0 Å². The molecule has 4 heteroatoms. The number of nitrogens with zero attached hydrogens (tertiary/aromatic N) is 2. The Kier molecular flexibility index (Phi) is 3.96. The summed E-state index contributed by atoms with van der Waals surface area (Å²) < 4.78 is 5.79. The van der Waals surface area contributed by atoms with Gasteiger partial charge in [0.25, 0.3) is 0 Å². The predicted molar refractivity (Wildman–Crippen MR) is 81.9 cm³/mol. The van der Waals surface area contributed by atoms with Gasteiger partial charge in [-0.05, 0) is 30.0 Å². The summed E-state index contributed by atoms with van der Waals surface area (Å²) >= 11 is 0. The molecule has 3 rings (SSSR count). The fourth-order valence-electron chi connectivity index (χ4n) is 3.52. The molecule has 4 nitrogen and oxygen atoms in total. The van der Waals surface area contributed by atoms with Gasteiger partial charge in [0.05, 0.1) is 6.10 Å². The summed E-state index contributed by atoms with van der Waals surface area (Å²) in [5.74, 6) is 0. The lowest BCUT2D eigenvalue weighted by Crippen LogP contribution is -2.34. The zero-order chi connectivity index (χ0) is 14.1. The molecule has 0 aliphatic carbocycles. The van der Waals surface area contributed by atoms with Crippen molar-refractivity contribution in [1.29, 1.82) is 0 Å². The quantitative estimate of drug-likeness (QED) is 0.909. The number of fused-ring (bicyclic) bond motifs is 1. The third-order valence-electron chi connectivity index (χ3n) is 4.52. The van der Waals surface area contributed by atoms with Crippen molar-refractivity contribution < 1.29 is 4.74 Å². The van der Waals surface area contributed by atoms with Gasteiger partial charge in [-0.1, -0.05) is 12.1 Å². The predicted octanol–water partition coefficient (Wildman–Crippen LogP) is 1.75. The molecule has 0 bridgehead atoms. The number of ether oxygens (including phenoxy) is 1. The Morgan fingerprint density at radius 1 is 1.40 bits per heavy atom. The molecule has 0 aromatic heterocycles. The van der Waals surface area contributed by atoms with E-state index in [4.69, 9.17) is 10.5 Å². The largest absolute Gasteiger partial charge is 0.377 e. The van der Waals surface area contributed by atoms with Crippen LogP contribution in [0.5, 0.6) is 0 Å². The second-order valence-electron chi connectivity index (χ2n) is 6.06. The Bertz CT molecular complexity index is 469. The van der Waals surface area contributed by atoms with Gasteiger partial charge in [-0.25, -0.2) is 0 Å². The van der Waals surface area contributed by atoms with E-state index in [0.29, 0.717) is 18.7 Å². The van der Waals surface area contributed by atoms with Crippen LogP contribution in [0, 0.1) is 0 Å². The Balaban J connectivity index is 1.84. The number of nitrogens with two attached hydrogens (primary N) is 1. The minimum absolute atomic E-state index is 0.342. The molecule has 1 fully saturated rings. The van der Waals surface area contributed by atoms with Crippen LogP contribution in [0.1, 0.15) is 30.0 Å². The van der Waals surface area contributed by atoms with Crippen LogP contribution in [0.15, 0.2) is 18.2 Å². The Morgan fingerprint density at radius 3 is 2.90 bits per heavy atom. The number of hydrogen-bond donors (Lipinski definition) is 1. The summed E-state index contributed by atoms with van der Waals surface area (Å²) in [6.07, 6.45) is 2.77. The summed E-state index contributed by atoms with van der Waals surface area (Å²) in [5.41, 5.74) is 10.2. The molecule has 2 unspecified atom stereocenters. The number of hydrogen-bond acceptors (Lipinski definition) is 4. The SMILES string of the molecule is CN(C)c1cccc2c1CN(CC1CCCO1)C2CN. The van der Waals surface area contributed by atoms with Crippen LogP contribution in [0.4, 0.5) is 5.69 Å². The van der Waals surface area contributed by atoms with Crippen molar-refractivity contribution in [1.82, 2.24) is 4.90 Å². The monoisotopic (exact) mass is 275 g/mol. The molecule has 1 saturated heterocycles. The molecule has 0 spiro atoms. The molecule has 0 saturated carbocycles. The lowest BCUT2D eigenvalue weighted by molar-refractivity contribution is 0.0609. The van der Waals surface area contributed by atoms with Gasteiger partial charge in [0.1, 0.15) is 0 Å². The number of anilines is 1. The van der Waals surface area contributed by atoms with E-state index in [1.807, 2.05) is 0 Å². The maximum absolute atomic E-state index is 6.04. The summed E-state index contributed by atoms with van der Waals surface area (Å²) in [4.78, 5) is 4.69. The van der Waals surface area contributed by atoms with E-state index < -0.39 is 0 Å². The molecule has 0 radical (unpaired) electrons. The fourth-order valence-corrected chi connectivity index (χ4v) is 3.52. The van der Waals surface area contributed by atoms with Gasteiger partial charge >= 0.3 is 0 Å². The molecule has 2 N–H and O–H groups in total. The van der Waals surface area contributed by atoms with E-state index in [0.717, 1.165) is 19.7 Å². The molecule has 20 heavy (non-hydrogen) atoms. The maximum atomic E-state index is 6.04. The molecule has 2 atom stereocenters. The lowest BCUT2D eigenvalue weighted by Gasteiger charge is -2.26. The maximum Gasteiger partial charge on any atom is 0.0703 e. The first-order valence-electron chi connectivity index (χ1n) is 7.55. The average molecular weight is 275 g/mol. The van der Waals surface area contributed by atoms with Crippen molar-refractivity contribution in [3.8, 4) is 0 Å². The minimum atomic E-state index is 0.342. The molecule has 0 amide bonds. The molecule has 2 heterocycles. The highest BCUT2D eigenvalue weighted by atomic mass is 16.5. The third kappa shape index (κ3) is 2.43. The highest BCUT2D eigenvalue weighted by Crippen LogP contribution is 2.38. The second-order valence-corrected chi connectivity index (χ2v) is 6.06. The first-order valence-corrected chi connectivity index (χ1v) is 7.55. The van der Waals surface area contributed by atoms with E-state index >= 15 is 0 Å². The summed E-state index contributed by atoms with van der Waals surface area (Å²) in [5, 5.41) is 0. The van der Waals surface area contributed by atoms with Crippen molar-refractivity contribution in [3.63, 3.8) is 0 Å². The normalized spacial score (nSPS) is 25.9. The first kappa shape index (κ1) is 13.9. The van der Waals surface area contributed by atoms with Gasteiger partial charge in [0.15, 0.2) is 0 Å². The molecule has 2 aliphatic rings. The van der Waals surface area contributed by atoms with Crippen molar-refractivity contribution in [2.45, 2.75) is 31.5 Å². The van der Waals surface area contributed by atoms with Crippen molar-refractivity contribution >= 4 is 5.69 Å². The Labute approximate surface area is 121 Å². The van der Waals surface area contributed by atoms with Crippen LogP contribution in [0.2, 0.25) is 0 Å². The highest BCUT2D eigenvalue weighted by Gasteiger charge is 2.33. The number of rotatable bonds is 4. The fraction of sp³-hybridized carbons (Fsp3) is 0.625. The molecular weight excluding hydrogens is 250 g/mol. The van der Waals surface area contributed by atoms with Gasteiger partial charge in [-0.15, -0.1) is 0 Å². The van der Waals surface area contributed by atoms with Gasteiger partial charge in [0, 0.05) is 52.1 Å². The van der Waals surface area contributed by atoms with Gasteiger partial charge in [-0.2, -0.15) is 0 Å². The molecule has 1 aromatic carbocycles. The Hall–Kier alpha value is -1.10. The molecular formula is C16H25N3O. The topological polar surface area (TPSA) is 41.7 Å². The summed E-state index contributed by atoms with van der Waals surface area (Å²) in [7, 11) is 4.21.